The maximum absolute atomic E-state index is 5.13. The van der Waals surface area contributed by atoms with E-state index in [0.717, 1.165) is 92.0 Å². The van der Waals surface area contributed by atoms with Gasteiger partial charge in [0.2, 0.25) is 0 Å². The molecule has 0 spiro atoms. The van der Waals surface area contributed by atoms with Crippen LogP contribution in [0.1, 0.15) is 47.2 Å². The van der Waals surface area contributed by atoms with E-state index in [-0.39, 0.29) is 12.1 Å². The van der Waals surface area contributed by atoms with Crippen LogP contribution in [0.2, 0.25) is 0 Å². The van der Waals surface area contributed by atoms with Gasteiger partial charge in [-0.3, -0.25) is 10.0 Å². The zero-order valence-corrected chi connectivity index (χ0v) is 48.3. The molecule has 0 amide bonds. The molecule has 2 unspecified atom stereocenters. The minimum atomic E-state index is 0.127. The molecule has 16 rings (SSSR count). The summed E-state index contributed by atoms with van der Waals surface area (Å²) < 4.78 is 4.09. The number of rotatable bonds is 12. The molecule has 2 aliphatic rings. The zero-order chi connectivity index (χ0) is 58.6. The van der Waals surface area contributed by atoms with Crippen molar-refractivity contribution in [1.82, 2.24) is 19.6 Å². The molecule has 12 aromatic carbocycles. The highest BCUT2D eigenvalue weighted by molar-refractivity contribution is 6.04. The smallest absolute Gasteiger partial charge is 0.0934 e. The fourth-order valence-corrected chi connectivity index (χ4v) is 12.3. The first-order chi connectivity index (χ1) is 43.6. The highest BCUT2D eigenvalue weighted by Crippen LogP contribution is 2.41. The van der Waals surface area contributed by atoms with Gasteiger partial charge in [0.25, 0.3) is 0 Å². The van der Waals surface area contributed by atoms with Gasteiger partial charge < -0.3 is 0 Å². The molecule has 0 aliphatic carbocycles. The predicted octanol–water partition coefficient (Wildman–Crippen LogP) is 19.4. The third-order valence-electron chi connectivity index (χ3n) is 16.7. The lowest BCUT2D eigenvalue weighted by atomic mass is 9.93. The second kappa shape index (κ2) is 23.9. The number of nitrogens with zero attached hydrogens (tertiary/aromatic N) is 8. The summed E-state index contributed by atoms with van der Waals surface area (Å²) in [7, 11) is 0. The maximum atomic E-state index is 5.13. The lowest BCUT2D eigenvalue weighted by molar-refractivity contribution is 0.708. The van der Waals surface area contributed by atoms with E-state index in [0.29, 0.717) is 0 Å². The average molecular weight is 1130 g/mol. The molecule has 0 N–H and O–H groups in total. The molecule has 4 heterocycles. The summed E-state index contributed by atoms with van der Waals surface area (Å²) in [5.41, 5.74) is 19.8. The quantitative estimate of drug-likeness (QED) is 0.122. The fourth-order valence-electron chi connectivity index (χ4n) is 12.3. The number of anilines is 2. The number of para-hydroxylation sites is 4. The van der Waals surface area contributed by atoms with E-state index in [1.807, 2.05) is 57.9 Å². The third kappa shape index (κ3) is 10.9. The fraction of sp³-hybridized carbons (Fsp3) is 0.0500. The Morgan fingerprint density at radius 3 is 0.898 bits per heavy atom. The first kappa shape index (κ1) is 53.3. The van der Waals surface area contributed by atoms with Crippen molar-refractivity contribution in [2.45, 2.75) is 24.9 Å². The third-order valence-corrected chi connectivity index (χ3v) is 16.7. The van der Waals surface area contributed by atoms with Gasteiger partial charge in [0.15, 0.2) is 0 Å². The topological polar surface area (TPSA) is 66.8 Å². The van der Waals surface area contributed by atoms with Crippen molar-refractivity contribution >= 4 is 44.3 Å². The van der Waals surface area contributed by atoms with Crippen molar-refractivity contribution in [3.05, 3.63) is 350 Å². The minimum absolute atomic E-state index is 0.127. The summed E-state index contributed by atoms with van der Waals surface area (Å²) in [6.07, 6.45) is 1.71. The molecular weight excluding hydrogens is 1070 g/mol. The van der Waals surface area contributed by atoms with Crippen LogP contribution in [0.3, 0.4) is 0 Å². The summed E-state index contributed by atoms with van der Waals surface area (Å²) in [5.74, 6) is 0. The van der Waals surface area contributed by atoms with Crippen molar-refractivity contribution in [2.24, 2.45) is 10.2 Å². The van der Waals surface area contributed by atoms with Gasteiger partial charge in [0, 0.05) is 35.1 Å². The van der Waals surface area contributed by atoms with Crippen molar-refractivity contribution in [2.75, 3.05) is 10.0 Å². The Balaban J connectivity index is 0.000000148. The predicted molar refractivity (Wildman–Crippen MR) is 362 cm³/mol. The highest BCUT2D eigenvalue weighted by Gasteiger charge is 2.32. The number of fused-ring (bicyclic) bond motifs is 2. The Hall–Kier alpha value is -11.5. The van der Waals surface area contributed by atoms with Crippen molar-refractivity contribution in [1.29, 1.82) is 0 Å². The summed E-state index contributed by atoms with van der Waals surface area (Å²) in [6.45, 7) is 0. The van der Waals surface area contributed by atoms with Crippen LogP contribution in [-0.2, 0) is 0 Å². The zero-order valence-electron chi connectivity index (χ0n) is 48.3. The van der Waals surface area contributed by atoms with Crippen LogP contribution in [0.15, 0.2) is 338 Å². The normalized spacial score (nSPS) is 14.6. The molecule has 2 aliphatic heterocycles. The Labute approximate surface area is 512 Å². The first-order valence-electron chi connectivity index (χ1n) is 30.0. The Kier molecular flexibility index (Phi) is 14.5. The van der Waals surface area contributed by atoms with Crippen LogP contribution in [0.4, 0.5) is 11.4 Å². The van der Waals surface area contributed by atoms with E-state index in [4.69, 9.17) is 20.4 Å². The maximum Gasteiger partial charge on any atom is 0.0934 e. The molecule has 0 radical (unpaired) electrons. The van der Waals surface area contributed by atoms with E-state index >= 15 is 0 Å². The number of hydrogen-bond donors (Lipinski definition) is 0. The Bertz CT molecular complexity index is 4470. The molecule has 420 valence electrons. The first-order valence-corrected chi connectivity index (χ1v) is 30.0. The standard InChI is InChI=1S/C40H32N4.C40H28N4/c2*1-5-13-29(14-6-1)37-27-39(43(41-37)35-17-9-3-10-18-35)33-23-21-32-26-34(24-22-31(32)25-33)40-28-38(30-15-7-2-8-16-30)42-44(40)36-19-11-4-12-20-36/h1-26,39-40H,27-28H2;1-28H. The highest BCUT2D eigenvalue weighted by atomic mass is 15.5. The largest absolute Gasteiger partial charge is 0.257 e. The number of aromatic nitrogens is 4. The van der Waals surface area contributed by atoms with Gasteiger partial charge in [0.1, 0.15) is 0 Å². The molecular formula is C80H60N8. The van der Waals surface area contributed by atoms with Crippen LogP contribution in [0.5, 0.6) is 0 Å². The monoisotopic (exact) mass is 1130 g/mol. The van der Waals surface area contributed by atoms with Crippen LogP contribution >= 0.6 is 0 Å². The van der Waals surface area contributed by atoms with Gasteiger partial charge in [-0.2, -0.15) is 20.4 Å². The van der Waals surface area contributed by atoms with E-state index < -0.39 is 0 Å². The Morgan fingerprint density at radius 1 is 0.250 bits per heavy atom. The average Bonchev–Trinajstić information content (AvgIpc) is 4.62. The summed E-state index contributed by atoms with van der Waals surface area (Å²) in [4.78, 5) is 0. The summed E-state index contributed by atoms with van der Waals surface area (Å²) in [5, 5.41) is 29.5. The number of hydrazone groups is 2. The molecule has 0 saturated heterocycles. The van der Waals surface area contributed by atoms with Gasteiger partial charge in [-0.05, 0) is 129 Å². The van der Waals surface area contributed by atoms with Crippen molar-refractivity contribution < 1.29 is 0 Å². The summed E-state index contributed by atoms with van der Waals surface area (Å²) in [6, 6.07) is 115. The molecule has 88 heavy (non-hydrogen) atoms. The van der Waals surface area contributed by atoms with E-state index in [9.17, 15) is 0 Å². The number of hydrogen-bond acceptors (Lipinski definition) is 6. The van der Waals surface area contributed by atoms with Crippen molar-refractivity contribution in [3.8, 4) is 56.4 Å². The van der Waals surface area contributed by atoms with Gasteiger partial charge in [-0.1, -0.05) is 243 Å². The SMILES string of the molecule is c1ccc(-c2cc(-c3ccc4cc(-c5cc(-c6ccccc6)nn5-c5ccccc5)ccc4c3)n(-c3ccccc3)n2)cc1.c1ccc(C2=NN(c3ccccc3)C(c3ccc4cc(C5CC(c6ccccc6)=NN5c5ccccc5)ccc4c3)C2)cc1. The summed E-state index contributed by atoms with van der Waals surface area (Å²) >= 11 is 0. The molecule has 0 bridgehead atoms. The van der Waals surface area contributed by atoms with Crippen LogP contribution in [0, 0.1) is 0 Å². The molecule has 14 aromatic rings. The lowest BCUT2D eigenvalue weighted by Gasteiger charge is -2.25. The Morgan fingerprint density at radius 2 is 0.545 bits per heavy atom. The van der Waals surface area contributed by atoms with E-state index in [1.54, 1.807) is 0 Å². The van der Waals surface area contributed by atoms with Gasteiger partial charge >= 0.3 is 0 Å². The van der Waals surface area contributed by atoms with Crippen LogP contribution in [-0.4, -0.2) is 31.0 Å². The van der Waals surface area contributed by atoms with Crippen LogP contribution < -0.4 is 10.0 Å². The van der Waals surface area contributed by atoms with Crippen molar-refractivity contribution in [3.63, 3.8) is 0 Å². The lowest BCUT2D eigenvalue weighted by Crippen LogP contribution is -2.19. The second-order valence-corrected chi connectivity index (χ2v) is 22.3. The number of benzene rings is 12. The molecule has 8 nitrogen and oxygen atoms in total. The molecule has 2 aromatic heterocycles. The second-order valence-electron chi connectivity index (χ2n) is 22.3. The minimum Gasteiger partial charge on any atom is -0.257 e. The molecule has 2 atom stereocenters. The molecule has 0 fully saturated rings. The van der Waals surface area contributed by atoms with Gasteiger partial charge in [0.05, 0.1) is 69.0 Å². The van der Waals surface area contributed by atoms with E-state index in [1.165, 1.54) is 43.8 Å². The van der Waals surface area contributed by atoms with Gasteiger partial charge in [-0.15, -0.1) is 0 Å². The molecule has 0 saturated carbocycles. The van der Waals surface area contributed by atoms with Crippen LogP contribution in [0.25, 0.3) is 77.9 Å². The van der Waals surface area contributed by atoms with Gasteiger partial charge in [-0.25, -0.2) is 9.36 Å². The van der Waals surface area contributed by atoms with E-state index in [2.05, 4.69) is 289 Å². The molecule has 8 heteroatoms.